The van der Waals surface area contributed by atoms with Gasteiger partial charge in [-0.2, -0.15) is 0 Å². The van der Waals surface area contributed by atoms with Crippen LogP contribution in [0.25, 0.3) is 0 Å². The summed E-state index contributed by atoms with van der Waals surface area (Å²) in [6.45, 7) is 11.6. The minimum atomic E-state index is -2.34. The molecule has 1 N–H and O–H groups in total. The molecule has 0 unspecified atom stereocenters. The molecule has 5 rings (SSSR count). The number of aliphatic hydroxyl groups is 1. The third-order valence-electron chi connectivity index (χ3n) is 9.39. The Bertz CT molecular complexity index is 1300. The highest BCUT2D eigenvalue weighted by Gasteiger charge is 2.66. The first kappa shape index (κ1) is 29.0. The van der Waals surface area contributed by atoms with E-state index in [0.29, 0.717) is 13.1 Å². The summed E-state index contributed by atoms with van der Waals surface area (Å²) in [6.07, 6.45) is 3.15. The molecular formula is C31H39BrN2O5Si. The highest BCUT2D eigenvalue weighted by Crippen LogP contribution is 2.60. The average Bonchev–Trinajstić information content (AvgIpc) is 3.60. The molecule has 3 aliphatic heterocycles. The van der Waals surface area contributed by atoms with E-state index in [1.165, 1.54) is 5.19 Å². The molecule has 2 amide bonds. The second-order valence-corrected chi connectivity index (χ2v) is 17.4. The van der Waals surface area contributed by atoms with E-state index in [9.17, 15) is 14.7 Å². The molecule has 1 spiro atoms. The number of fused-ring (bicyclic) bond motifs is 2. The lowest BCUT2D eigenvalue weighted by atomic mass is 9.82. The van der Waals surface area contributed by atoms with E-state index in [4.69, 9.17) is 9.47 Å². The number of hydrogen-bond donors (Lipinski definition) is 1. The highest BCUT2D eigenvalue weighted by molar-refractivity contribution is 9.10. The van der Waals surface area contributed by atoms with Gasteiger partial charge in [0, 0.05) is 29.0 Å². The van der Waals surface area contributed by atoms with Gasteiger partial charge in [0.1, 0.15) is 5.75 Å². The van der Waals surface area contributed by atoms with Gasteiger partial charge < -0.3 is 24.4 Å². The van der Waals surface area contributed by atoms with E-state index in [0.717, 1.165) is 34.3 Å². The second kappa shape index (κ2) is 11.1. The molecule has 2 aromatic rings. The van der Waals surface area contributed by atoms with Gasteiger partial charge in [0.15, 0.2) is 5.60 Å². The van der Waals surface area contributed by atoms with Crippen molar-refractivity contribution in [1.29, 1.82) is 0 Å². The summed E-state index contributed by atoms with van der Waals surface area (Å²) < 4.78 is 13.3. The van der Waals surface area contributed by atoms with Crippen molar-refractivity contribution in [3.05, 3.63) is 65.2 Å². The largest absolute Gasteiger partial charge is 0.497 e. The number of methoxy groups -OCH3 is 1. The number of likely N-dealkylation sites (tertiary alicyclic amines) is 1. The molecule has 0 bridgehead atoms. The smallest absolute Gasteiger partial charge is 0.264 e. The van der Waals surface area contributed by atoms with E-state index in [1.807, 2.05) is 35.2 Å². The number of halogens is 1. The number of hydrogen-bond acceptors (Lipinski definition) is 5. The number of rotatable bonds is 8. The van der Waals surface area contributed by atoms with E-state index in [2.05, 4.69) is 54.7 Å². The zero-order valence-corrected chi connectivity index (χ0v) is 26.3. The second-order valence-electron chi connectivity index (χ2n) is 11.8. The fraction of sp³-hybridized carbons (Fsp3) is 0.484. The van der Waals surface area contributed by atoms with Crippen LogP contribution in [0.4, 0.5) is 5.69 Å². The third kappa shape index (κ3) is 4.55. The van der Waals surface area contributed by atoms with E-state index in [1.54, 1.807) is 18.1 Å². The molecule has 0 saturated carbocycles. The summed E-state index contributed by atoms with van der Waals surface area (Å²) in [5.41, 5.74) is 0.444. The Kier molecular flexibility index (Phi) is 8.04. The molecule has 40 heavy (non-hydrogen) atoms. The van der Waals surface area contributed by atoms with Crippen LogP contribution in [0.2, 0.25) is 18.6 Å². The Morgan fingerprint density at radius 3 is 2.65 bits per heavy atom. The first-order valence-electron chi connectivity index (χ1n) is 14.1. The number of carbonyl (C=O) groups excluding carboxylic acids is 2. The van der Waals surface area contributed by atoms with Crippen LogP contribution < -0.4 is 14.8 Å². The van der Waals surface area contributed by atoms with E-state index >= 15 is 0 Å². The maximum atomic E-state index is 14.4. The SMILES string of the molecule is C=CCN1C(=O)[C@]2(O[C@H](CC(=O)N3CCC[C@H]3CO)[C@@H]([Si](C)(C)c3ccc(OC)cc3)[C@@H]2C)c2cc(Br)ccc21. The lowest BCUT2D eigenvalue weighted by molar-refractivity contribution is -0.149. The van der Waals surface area contributed by atoms with Crippen molar-refractivity contribution in [1.82, 2.24) is 4.90 Å². The van der Waals surface area contributed by atoms with Gasteiger partial charge in [-0.1, -0.05) is 59.3 Å². The standard InChI is InChI=1S/C31H39BrN2O5Si/c1-6-15-34-26-14-9-21(32)17-25(26)31(30(34)37)20(2)29(40(4,5)24-12-10-23(38-3)11-13-24)27(39-31)18-28(36)33-16-7-8-22(33)19-35/h6,9-14,17,20,22,27,29,35H,1,7-8,15-16,18-19H2,2-5H3/t20-,22-,27+,29-,31+/m0/s1. The monoisotopic (exact) mass is 626 g/mol. The zero-order valence-electron chi connectivity index (χ0n) is 23.7. The maximum absolute atomic E-state index is 14.4. The quantitative estimate of drug-likeness (QED) is 0.343. The van der Waals surface area contributed by atoms with E-state index in [-0.39, 0.29) is 42.3 Å². The van der Waals surface area contributed by atoms with Crippen LogP contribution in [0, 0.1) is 5.92 Å². The van der Waals surface area contributed by atoms with Crippen LogP contribution in [0.15, 0.2) is 59.6 Å². The Morgan fingerprint density at radius 1 is 1.27 bits per heavy atom. The lowest BCUT2D eigenvalue weighted by Crippen LogP contribution is -2.52. The minimum Gasteiger partial charge on any atom is -0.497 e. The van der Waals surface area contributed by atoms with Gasteiger partial charge >= 0.3 is 0 Å². The summed E-state index contributed by atoms with van der Waals surface area (Å²) in [5, 5.41) is 11.1. The molecule has 214 valence electrons. The zero-order chi connectivity index (χ0) is 28.8. The van der Waals surface area contributed by atoms with E-state index < -0.39 is 19.8 Å². The number of anilines is 1. The van der Waals surface area contributed by atoms with Crippen molar-refractivity contribution in [2.75, 3.05) is 31.7 Å². The van der Waals surface area contributed by atoms with Crippen molar-refractivity contribution >= 4 is 46.7 Å². The number of aliphatic hydroxyl groups excluding tert-OH is 1. The maximum Gasteiger partial charge on any atom is 0.264 e. The summed E-state index contributed by atoms with van der Waals surface area (Å²) in [4.78, 5) is 31.7. The van der Waals surface area contributed by atoms with Gasteiger partial charge in [0.2, 0.25) is 5.91 Å². The molecular weight excluding hydrogens is 588 g/mol. The van der Waals surface area contributed by atoms with Gasteiger partial charge in [-0.05, 0) is 48.7 Å². The van der Waals surface area contributed by atoms with Crippen LogP contribution in [0.3, 0.4) is 0 Å². The molecule has 3 heterocycles. The van der Waals surface area contributed by atoms with Gasteiger partial charge in [0.25, 0.3) is 5.91 Å². The van der Waals surface area contributed by atoms with Crippen molar-refractivity contribution < 1.29 is 24.2 Å². The molecule has 9 heteroatoms. The van der Waals surface area contributed by atoms with Crippen molar-refractivity contribution in [3.8, 4) is 5.75 Å². The molecule has 3 aliphatic rings. The number of amides is 2. The molecule has 2 aromatic carbocycles. The molecule has 2 saturated heterocycles. The van der Waals surface area contributed by atoms with Gasteiger partial charge in [-0.25, -0.2) is 0 Å². The first-order chi connectivity index (χ1) is 19.1. The van der Waals surface area contributed by atoms with Gasteiger partial charge in [0.05, 0.1) is 46.0 Å². The van der Waals surface area contributed by atoms with Crippen molar-refractivity contribution in [2.24, 2.45) is 5.92 Å². The highest BCUT2D eigenvalue weighted by atomic mass is 79.9. The predicted octanol–water partition coefficient (Wildman–Crippen LogP) is 4.58. The number of carbonyl (C=O) groups is 2. The van der Waals surface area contributed by atoms with Crippen LogP contribution >= 0.6 is 15.9 Å². The molecule has 2 fully saturated rings. The number of ether oxygens (including phenoxy) is 2. The summed E-state index contributed by atoms with van der Waals surface area (Å²) in [6, 6.07) is 13.9. The Balaban J connectivity index is 1.61. The van der Waals surface area contributed by atoms with Crippen LogP contribution in [-0.4, -0.2) is 68.8 Å². The topological polar surface area (TPSA) is 79.3 Å². The van der Waals surface area contributed by atoms with Gasteiger partial charge in [-0.3, -0.25) is 9.59 Å². The lowest BCUT2D eigenvalue weighted by Gasteiger charge is -2.37. The van der Waals surface area contributed by atoms with Crippen LogP contribution in [0.5, 0.6) is 5.75 Å². The van der Waals surface area contributed by atoms with Crippen LogP contribution in [-0.2, 0) is 19.9 Å². The van der Waals surface area contributed by atoms with Gasteiger partial charge in [-0.15, -0.1) is 6.58 Å². The normalized spacial score (nSPS) is 27.9. The van der Waals surface area contributed by atoms with Crippen molar-refractivity contribution in [2.45, 2.75) is 62.6 Å². The number of nitrogens with zero attached hydrogens (tertiary/aromatic N) is 2. The third-order valence-corrected chi connectivity index (χ3v) is 14.2. The summed E-state index contributed by atoms with van der Waals surface area (Å²) in [5.74, 6) is 0.498. The van der Waals surface area contributed by atoms with Crippen LogP contribution in [0.1, 0.15) is 31.7 Å². The molecule has 5 atom stereocenters. The Hall–Kier alpha value is -2.46. The summed E-state index contributed by atoms with van der Waals surface area (Å²) in [7, 11) is -0.685. The first-order valence-corrected chi connectivity index (χ1v) is 17.9. The Morgan fingerprint density at radius 2 is 2.00 bits per heavy atom. The fourth-order valence-corrected chi connectivity index (χ4v) is 11.8. The molecule has 7 nitrogen and oxygen atoms in total. The molecule has 0 aromatic heterocycles. The van der Waals surface area contributed by atoms with Crippen molar-refractivity contribution in [3.63, 3.8) is 0 Å². The Labute approximate surface area is 246 Å². The minimum absolute atomic E-state index is 0.0156. The average molecular weight is 628 g/mol. The number of benzene rings is 2. The molecule has 0 radical (unpaired) electrons. The summed E-state index contributed by atoms with van der Waals surface area (Å²) >= 11 is 3.62. The molecule has 0 aliphatic carbocycles. The fourth-order valence-electron chi connectivity index (χ4n) is 7.44. The predicted molar refractivity (Wildman–Crippen MR) is 163 cm³/mol.